The van der Waals surface area contributed by atoms with Gasteiger partial charge in [0, 0.05) is 19.0 Å². The molecule has 3 nitrogen and oxygen atoms in total. The number of carbonyl (C=O) groups excluding carboxylic acids is 2. The second kappa shape index (κ2) is 6.69. The maximum Gasteiger partial charge on any atom is 0.214 e. The minimum Gasteiger partial charge on any atom is -0.340 e. The molecule has 4 heteroatoms. The zero-order valence-corrected chi connectivity index (χ0v) is 8.32. The molecule has 0 aromatic carbocycles. The van der Waals surface area contributed by atoms with Gasteiger partial charge >= 0.3 is 0 Å². The molecule has 0 spiro atoms. The lowest BCUT2D eigenvalue weighted by Crippen LogP contribution is -2.39. The highest BCUT2D eigenvalue weighted by molar-refractivity contribution is 6.19. The van der Waals surface area contributed by atoms with Crippen molar-refractivity contribution in [1.82, 2.24) is 4.90 Å². The average molecular weight is 181 g/mol. The van der Waals surface area contributed by atoms with E-state index in [0.717, 1.165) is 12.7 Å². The highest BCUT2D eigenvalue weighted by Gasteiger charge is 2.16. The van der Waals surface area contributed by atoms with E-state index in [1.165, 1.54) is 0 Å². The lowest BCUT2D eigenvalue weighted by atomic mass is 10.0. The Hall–Kier alpha value is -0.795. The molecular formula is C9H16BNO2. The van der Waals surface area contributed by atoms with Gasteiger partial charge < -0.3 is 9.69 Å². The third-order valence-electron chi connectivity index (χ3n) is 1.93. The topological polar surface area (TPSA) is 37.4 Å². The van der Waals surface area contributed by atoms with Crippen LogP contribution in [-0.4, -0.2) is 37.5 Å². The van der Waals surface area contributed by atoms with Crippen molar-refractivity contribution >= 4 is 20.0 Å². The molecule has 2 radical (unpaired) electrons. The van der Waals surface area contributed by atoms with Crippen molar-refractivity contribution in [1.29, 1.82) is 0 Å². The summed E-state index contributed by atoms with van der Waals surface area (Å²) in [6.07, 6.45) is 2.11. The Kier molecular flexibility index (Phi) is 6.28. The monoisotopic (exact) mass is 181 g/mol. The first-order valence-corrected chi connectivity index (χ1v) is 4.60. The van der Waals surface area contributed by atoms with Crippen LogP contribution in [0.2, 0.25) is 6.32 Å². The number of aldehydes is 1. The van der Waals surface area contributed by atoms with Crippen LogP contribution in [0.25, 0.3) is 0 Å². The molecule has 0 bridgehead atoms. The number of hydrogen-bond acceptors (Lipinski definition) is 2. The van der Waals surface area contributed by atoms with E-state index in [1.54, 1.807) is 4.90 Å². The Morgan fingerprint density at radius 3 is 2.62 bits per heavy atom. The number of amides is 1. The summed E-state index contributed by atoms with van der Waals surface area (Å²) in [5.41, 5.74) is 0. The number of hydrogen-bond donors (Lipinski definition) is 0. The van der Waals surface area contributed by atoms with Gasteiger partial charge in [-0.1, -0.05) is 6.92 Å². The van der Waals surface area contributed by atoms with E-state index in [1.807, 2.05) is 13.8 Å². The third kappa shape index (κ3) is 4.11. The molecule has 0 aliphatic carbocycles. The van der Waals surface area contributed by atoms with Crippen LogP contribution < -0.4 is 0 Å². The highest BCUT2D eigenvalue weighted by Crippen LogP contribution is 2.05. The summed E-state index contributed by atoms with van der Waals surface area (Å²) in [4.78, 5) is 23.2. The molecular weight excluding hydrogens is 165 g/mol. The Bertz CT molecular complexity index is 173. The molecule has 0 fully saturated rings. The van der Waals surface area contributed by atoms with Crippen LogP contribution in [0.1, 0.15) is 26.7 Å². The van der Waals surface area contributed by atoms with Crippen molar-refractivity contribution in [3.63, 3.8) is 0 Å². The molecule has 0 saturated carbocycles. The van der Waals surface area contributed by atoms with E-state index in [9.17, 15) is 9.59 Å². The molecule has 0 aromatic rings. The van der Waals surface area contributed by atoms with E-state index in [2.05, 4.69) is 0 Å². The molecule has 0 rings (SSSR count). The average Bonchev–Trinajstić information content (AvgIpc) is 2.13. The minimum absolute atomic E-state index is 0.0171. The van der Waals surface area contributed by atoms with Gasteiger partial charge in [-0.2, -0.15) is 0 Å². The third-order valence-corrected chi connectivity index (χ3v) is 1.93. The predicted molar refractivity (Wildman–Crippen MR) is 52.7 cm³/mol. The molecule has 13 heavy (non-hydrogen) atoms. The van der Waals surface area contributed by atoms with Crippen LogP contribution in [0.5, 0.6) is 0 Å². The van der Waals surface area contributed by atoms with Gasteiger partial charge in [-0.25, -0.2) is 0 Å². The molecule has 0 aromatic heterocycles. The molecule has 1 amide bonds. The summed E-state index contributed by atoms with van der Waals surface area (Å²) in [6.45, 7) is 4.52. The fraction of sp³-hybridized carbons (Fsp3) is 0.778. The van der Waals surface area contributed by atoms with Gasteiger partial charge in [0.05, 0.1) is 7.85 Å². The van der Waals surface area contributed by atoms with Crippen molar-refractivity contribution < 1.29 is 9.59 Å². The van der Waals surface area contributed by atoms with Gasteiger partial charge in [0.15, 0.2) is 0 Å². The van der Waals surface area contributed by atoms with Crippen molar-refractivity contribution in [3.05, 3.63) is 0 Å². The lowest BCUT2D eigenvalue weighted by molar-refractivity contribution is -0.131. The van der Waals surface area contributed by atoms with Crippen molar-refractivity contribution in [3.8, 4) is 0 Å². The highest BCUT2D eigenvalue weighted by atomic mass is 16.2. The molecule has 0 aliphatic heterocycles. The zero-order valence-electron chi connectivity index (χ0n) is 8.32. The summed E-state index contributed by atoms with van der Waals surface area (Å²) in [5, 5.41) is 0. The SMILES string of the molecule is [B]CC(=O)N(CCC)C(C)CC=O. The summed E-state index contributed by atoms with van der Waals surface area (Å²) in [5.74, 6) is -0.0869. The van der Waals surface area contributed by atoms with Crippen LogP contribution in [0.15, 0.2) is 0 Å². The smallest absolute Gasteiger partial charge is 0.214 e. The van der Waals surface area contributed by atoms with E-state index in [-0.39, 0.29) is 18.3 Å². The molecule has 0 saturated heterocycles. The van der Waals surface area contributed by atoms with Gasteiger partial charge in [0.1, 0.15) is 6.29 Å². The maximum absolute atomic E-state index is 11.3. The van der Waals surface area contributed by atoms with Crippen LogP contribution >= 0.6 is 0 Å². The van der Waals surface area contributed by atoms with Crippen LogP contribution in [0, 0.1) is 0 Å². The molecule has 0 heterocycles. The second-order valence-electron chi connectivity index (χ2n) is 3.04. The lowest BCUT2D eigenvalue weighted by Gasteiger charge is -2.27. The first-order chi connectivity index (χ1) is 6.17. The van der Waals surface area contributed by atoms with E-state index >= 15 is 0 Å². The zero-order chi connectivity index (χ0) is 10.3. The van der Waals surface area contributed by atoms with E-state index in [4.69, 9.17) is 7.85 Å². The predicted octanol–water partition coefficient (Wildman–Crippen LogP) is 0.789. The quantitative estimate of drug-likeness (QED) is 0.448. The van der Waals surface area contributed by atoms with E-state index in [0.29, 0.717) is 13.0 Å². The van der Waals surface area contributed by atoms with Gasteiger partial charge in [-0.05, 0) is 19.7 Å². The number of carbonyl (C=O) groups is 2. The standard InChI is InChI=1S/C9H16BNO2/c1-3-5-11(9(13)7-10)8(2)4-6-12/h6,8H,3-5,7H2,1-2H3. The first-order valence-electron chi connectivity index (χ1n) is 4.60. The van der Waals surface area contributed by atoms with Crippen LogP contribution in [0.3, 0.4) is 0 Å². The van der Waals surface area contributed by atoms with Gasteiger partial charge in [0.25, 0.3) is 0 Å². The molecule has 0 N–H and O–H groups in total. The van der Waals surface area contributed by atoms with Crippen LogP contribution in [0.4, 0.5) is 0 Å². The fourth-order valence-corrected chi connectivity index (χ4v) is 1.22. The summed E-state index contributed by atoms with van der Waals surface area (Å²) in [7, 11) is 5.26. The first kappa shape index (κ1) is 12.2. The van der Waals surface area contributed by atoms with Gasteiger partial charge in [0.2, 0.25) is 5.91 Å². The molecule has 1 atom stereocenters. The summed E-state index contributed by atoms with van der Waals surface area (Å²) in [6, 6.07) is -0.0338. The van der Waals surface area contributed by atoms with Crippen molar-refractivity contribution in [2.45, 2.75) is 39.1 Å². The fourth-order valence-electron chi connectivity index (χ4n) is 1.22. The molecule has 72 valence electrons. The van der Waals surface area contributed by atoms with Crippen LogP contribution in [-0.2, 0) is 9.59 Å². The normalized spacial score (nSPS) is 12.2. The van der Waals surface area contributed by atoms with Gasteiger partial charge in [-0.15, -0.1) is 0 Å². The Balaban J connectivity index is 4.21. The largest absolute Gasteiger partial charge is 0.340 e. The Morgan fingerprint density at radius 2 is 2.23 bits per heavy atom. The van der Waals surface area contributed by atoms with E-state index < -0.39 is 0 Å². The maximum atomic E-state index is 11.3. The number of rotatable bonds is 6. The minimum atomic E-state index is -0.0869. The van der Waals surface area contributed by atoms with Crippen molar-refractivity contribution in [2.75, 3.05) is 6.54 Å². The number of nitrogens with zero attached hydrogens (tertiary/aromatic N) is 1. The molecule has 0 aliphatic rings. The Labute approximate surface area is 80.9 Å². The second-order valence-corrected chi connectivity index (χ2v) is 3.04. The Morgan fingerprint density at radius 1 is 1.62 bits per heavy atom. The van der Waals surface area contributed by atoms with Gasteiger partial charge in [-0.3, -0.25) is 4.79 Å². The van der Waals surface area contributed by atoms with Crippen molar-refractivity contribution in [2.24, 2.45) is 0 Å². The summed E-state index contributed by atoms with van der Waals surface area (Å²) >= 11 is 0. The summed E-state index contributed by atoms with van der Waals surface area (Å²) < 4.78 is 0. The molecule has 1 unspecified atom stereocenters.